The molecule has 2 rings (SSSR count). The fourth-order valence-electron chi connectivity index (χ4n) is 2.23. The smallest absolute Gasteiger partial charge is 0.311 e. The van der Waals surface area contributed by atoms with Gasteiger partial charge in [0.2, 0.25) is 0 Å². The molecule has 2 saturated heterocycles. The minimum Gasteiger partial charge on any atom is -0.462 e. The highest BCUT2D eigenvalue weighted by Crippen LogP contribution is 2.44. The van der Waals surface area contributed by atoms with Crippen LogP contribution in [0, 0.1) is 5.41 Å². The van der Waals surface area contributed by atoms with Crippen LogP contribution in [0.1, 0.15) is 46.5 Å². The third-order valence-corrected chi connectivity index (χ3v) is 4.76. The molecule has 0 amide bonds. The highest BCUT2D eigenvalue weighted by atomic mass is 32.2. The zero-order valence-corrected chi connectivity index (χ0v) is 10.6. The van der Waals surface area contributed by atoms with Crippen molar-refractivity contribution in [3.05, 3.63) is 0 Å². The molecule has 0 saturated carbocycles. The van der Waals surface area contributed by atoms with Gasteiger partial charge in [-0.25, -0.2) is 0 Å². The van der Waals surface area contributed by atoms with Gasteiger partial charge >= 0.3 is 5.97 Å². The Bertz CT molecular complexity index is 245. The third kappa shape index (κ3) is 2.68. The minimum absolute atomic E-state index is 0.0428. The molecular weight excluding hydrogens is 208 g/mol. The van der Waals surface area contributed by atoms with E-state index in [2.05, 4.69) is 11.8 Å². The number of thioether (sulfide) groups is 1. The molecule has 86 valence electrons. The summed E-state index contributed by atoms with van der Waals surface area (Å²) in [5.74, 6) is -0.0428. The van der Waals surface area contributed by atoms with Gasteiger partial charge in [0, 0.05) is 10.5 Å². The van der Waals surface area contributed by atoms with E-state index in [0.29, 0.717) is 0 Å². The van der Waals surface area contributed by atoms with Gasteiger partial charge in [0.05, 0.1) is 5.41 Å². The largest absolute Gasteiger partial charge is 0.462 e. The van der Waals surface area contributed by atoms with Crippen LogP contribution in [0.3, 0.4) is 0 Å². The molecule has 2 heterocycles. The number of carbonyl (C=O) groups is 1. The van der Waals surface area contributed by atoms with Gasteiger partial charge in [-0.3, -0.25) is 4.79 Å². The molecule has 0 aliphatic carbocycles. The quantitative estimate of drug-likeness (QED) is 0.645. The zero-order chi connectivity index (χ0) is 11.1. The Kier molecular flexibility index (Phi) is 3.02. The van der Waals surface area contributed by atoms with Crippen LogP contribution in [0.5, 0.6) is 0 Å². The first-order valence-electron chi connectivity index (χ1n) is 5.81. The molecule has 0 aromatic rings. The van der Waals surface area contributed by atoms with Gasteiger partial charge < -0.3 is 4.74 Å². The molecule has 2 atom stereocenters. The molecule has 2 nitrogen and oxygen atoms in total. The van der Waals surface area contributed by atoms with E-state index in [9.17, 15) is 4.79 Å². The van der Waals surface area contributed by atoms with Crippen molar-refractivity contribution in [1.29, 1.82) is 0 Å². The first-order valence-corrected chi connectivity index (χ1v) is 6.76. The maximum Gasteiger partial charge on any atom is 0.311 e. The summed E-state index contributed by atoms with van der Waals surface area (Å²) >= 11 is 2.10. The van der Waals surface area contributed by atoms with E-state index < -0.39 is 0 Å². The summed E-state index contributed by atoms with van der Waals surface area (Å²) in [6.07, 6.45) is 4.97. The molecule has 0 N–H and O–H groups in total. The molecule has 0 aromatic carbocycles. The molecular formula is C12H20O2S. The zero-order valence-electron chi connectivity index (χ0n) is 9.79. The number of hydrogen-bond donors (Lipinski definition) is 0. The Morgan fingerprint density at radius 3 is 2.20 bits per heavy atom. The number of rotatable bonds is 1. The molecule has 2 aliphatic heterocycles. The van der Waals surface area contributed by atoms with Gasteiger partial charge in [0.15, 0.2) is 0 Å². The van der Waals surface area contributed by atoms with Gasteiger partial charge in [0.1, 0.15) is 6.10 Å². The number of ether oxygens (including phenoxy) is 1. The molecule has 0 aromatic heterocycles. The Morgan fingerprint density at radius 1 is 1.20 bits per heavy atom. The lowest BCUT2D eigenvalue weighted by atomic mass is 9.97. The van der Waals surface area contributed by atoms with Crippen LogP contribution in [0.15, 0.2) is 0 Å². The van der Waals surface area contributed by atoms with E-state index in [1.807, 2.05) is 20.8 Å². The number of fused-ring (bicyclic) bond motifs is 2. The Morgan fingerprint density at radius 2 is 1.73 bits per heavy atom. The van der Waals surface area contributed by atoms with Crippen LogP contribution in [-0.4, -0.2) is 22.6 Å². The monoisotopic (exact) mass is 228 g/mol. The molecule has 15 heavy (non-hydrogen) atoms. The van der Waals surface area contributed by atoms with Crippen LogP contribution in [0.4, 0.5) is 0 Å². The van der Waals surface area contributed by atoms with Crippen molar-refractivity contribution in [3.8, 4) is 0 Å². The first-order chi connectivity index (χ1) is 6.95. The minimum atomic E-state index is -0.358. The highest BCUT2D eigenvalue weighted by molar-refractivity contribution is 8.00. The second-order valence-corrected chi connectivity index (χ2v) is 7.31. The molecule has 3 heteroatoms. The summed E-state index contributed by atoms with van der Waals surface area (Å²) in [5.41, 5.74) is -0.358. The second kappa shape index (κ2) is 4.00. The summed E-state index contributed by atoms with van der Waals surface area (Å²) in [5, 5.41) is 1.50. The average Bonchev–Trinajstić information content (AvgIpc) is 2.44. The predicted molar refractivity (Wildman–Crippen MR) is 63.0 cm³/mol. The molecule has 0 radical (unpaired) electrons. The highest BCUT2D eigenvalue weighted by Gasteiger charge is 2.37. The molecule has 2 unspecified atom stereocenters. The van der Waals surface area contributed by atoms with E-state index >= 15 is 0 Å². The van der Waals surface area contributed by atoms with Gasteiger partial charge in [0.25, 0.3) is 0 Å². The molecule has 2 aliphatic rings. The lowest BCUT2D eigenvalue weighted by Crippen LogP contribution is -2.32. The third-order valence-electron chi connectivity index (χ3n) is 3.13. The maximum absolute atomic E-state index is 11.7. The summed E-state index contributed by atoms with van der Waals surface area (Å²) in [7, 11) is 0. The molecule has 0 spiro atoms. The van der Waals surface area contributed by atoms with E-state index in [1.54, 1.807) is 0 Å². The van der Waals surface area contributed by atoms with Crippen LogP contribution < -0.4 is 0 Å². The van der Waals surface area contributed by atoms with E-state index in [-0.39, 0.29) is 17.5 Å². The van der Waals surface area contributed by atoms with Crippen molar-refractivity contribution < 1.29 is 9.53 Å². The van der Waals surface area contributed by atoms with Crippen LogP contribution in [-0.2, 0) is 9.53 Å². The standard InChI is InChI=1S/C12H20O2S/c1-12(2,3)11(13)14-8-6-9-4-5-10(7-8)15-9/h8-10H,4-7H2,1-3H3. The normalized spacial score (nSPS) is 35.3. The SMILES string of the molecule is CC(C)(C)C(=O)OC1CC2CCC(C1)S2. The fraction of sp³-hybridized carbons (Fsp3) is 0.917. The van der Waals surface area contributed by atoms with Crippen molar-refractivity contribution in [1.82, 2.24) is 0 Å². The second-order valence-electron chi connectivity index (χ2n) is 5.71. The molecule has 2 bridgehead atoms. The van der Waals surface area contributed by atoms with Crippen LogP contribution in [0.2, 0.25) is 0 Å². The van der Waals surface area contributed by atoms with Gasteiger partial charge in [-0.15, -0.1) is 0 Å². The van der Waals surface area contributed by atoms with Gasteiger partial charge in [-0.1, -0.05) is 0 Å². The van der Waals surface area contributed by atoms with Gasteiger partial charge in [-0.2, -0.15) is 11.8 Å². The number of hydrogen-bond acceptors (Lipinski definition) is 3. The Balaban J connectivity index is 1.88. The summed E-state index contributed by atoms with van der Waals surface area (Å²) in [4.78, 5) is 11.7. The lowest BCUT2D eigenvalue weighted by molar-refractivity contribution is -0.159. The van der Waals surface area contributed by atoms with Crippen molar-refractivity contribution in [3.63, 3.8) is 0 Å². The number of esters is 1. The number of carbonyl (C=O) groups excluding carboxylic acids is 1. The van der Waals surface area contributed by atoms with E-state index in [4.69, 9.17) is 4.74 Å². The van der Waals surface area contributed by atoms with E-state index in [1.165, 1.54) is 12.8 Å². The summed E-state index contributed by atoms with van der Waals surface area (Å²) < 4.78 is 5.58. The first kappa shape index (κ1) is 11.3. The summed E-state index contributed by atoms with van der Waals surface area (Å²) in [6, 6.07) is 0. The predicted octanol–water partition coefficient (Wildman–Crippen LogP) is 3.00. The maximum atomic E-state index is 11.7. The molecule has 2 fully saturated rings. The fourth-order valence-corrected chi connectivity index (χ4v) is 3.97. The van der Waals surface area contributed by atoms with Crippen LogP contribution >= 0.6 is 11.8 Å². The Labute approximate surface area is 96.1 Å². The van der Waals surface area contributed by atoms with Gasteiger partial charge in [-0.05, 0) is 46.5 Å². The van der Waals surface area contributed by atoms with E-state index in [0.717, 1.165) is 23.3 Å². The van der Waals surface area contributed by atoms with Crippen molar-refractivity contribution in [2.45, 2.75) is 63.1 Å². The average molecular weight is 228 g/mol. The van der Waals surface area contributed by atoms with Crippen LogP contribution in [0.25, 0.3) is 0 Å². The van der Waals surface area contributed by atoms with Crippen molar-refractivity contribution in [2.24, 2.45) is 5.41 Å². The van der Waals surface area contributed by atoms with Crippen molar-refractivity contribution >= 4 is 17.7 Å². The Hall–Kier alpha value is -0.180. The lowest BCUT2D eigenvalue weighted by Gasteiger charge is -2.29. The topological polar surface area (TPSA) is 26.3 Å². The van der Waals surface area contributed by atoms with Crippen molar-refractivity contribution in [2.75, 3.05) is 0 Å². The summed E-state index contributed by atoms with van der Waals surface area (Å²) in [6.45, 7) is 5.75.